The number of amides is 1. The monoisotopic (exact) mass is 231 g/mol. The van der Waals surface area contributed by atoms with Crippen molar-refractivity contribution in [1.82, 2.24) is 4.90 Å². The largest absolute Gasteiger partial charge is 0.317 e. The fourth-order valence-electron chi connectivity index (χ4n) is 1.29. The number of allylic oxidation sites excluding steroid dienone is 2. The molecule has 0 atom stereocenters. The van der Waals surface area contributed by atoms with E-state index in [1.807, 2.05) is 40.7 Å². The Kier molecular flexibility index (Phi) is 5.96. The molecular weight excluding hydrogens is 210 g/mol. The van der Waals surface area contributed by atoms with E-state index < -0.39 is 0 Å². The van der Waals surface area contributed by atoms with Gasteiger partial charge in [-0.25, -0.2) is 0 Å². The number of hydrogen-bond donors (Lipinski definition) is 0. The van der Waals surface area contributed by atoms with Crippen molar-refractivity contribution in [2.75, 3.05) is 12.4 Å². The Hall–Kier alpha value is -0.500. The van der Waals surface area contributed by atoms with E-state index in [9.17, 15) is 4.79 Å². The third-order valence-corrected chi connectivity index (χ3v) is 2.98. The summed E-state index contributed by atoms with van der Waals surface area (Å²) in [6.45, 7) is 10.6. The number of carbonyl (C=O) groups is 1. The minimum absolute atomic E-state index is 0.173. The van der Waals surface area contributed by atoms with Crippen LogP contribution in [0, 0.1) is 5.41 Å². The van der Waals surface area contributed by atoms with E-state index in [2.05, 4.69) is 0 Å². The van der Waals surface area contributed by atoms with Crippen molar-refractivity contribution in [3.8, 4) is 0 Å². The molecule has 0 aliphatic carbocycles. The molecule has 0 unspecified atom stereocenters. The Morgan fingerprint density at radius 3 is 2.27 bits per heavy atom. The first-order chi connectivity index (χ1) is 6.90. The zero-order chi connectivity index (χ0) is 12.1. The first-order valence-electron chi connectivity index (χ1n) is 5.45. The Balaban J connectivity index is 4.84. The van der Waals surface area contributed by atoms with Gasteiger partial charge < -0.3 is 4.90 Å². The van der Waals surface area contributed by atoms with Gasteiger partial charge in [0.2, 0.25) is 5.91 Å². The van der Waals surface area contributed by atoms with Crippen molar-refractivity contribution in [2.45, 2.75) is 41.0 Å². The summed E-state index contributed by atoms with van der Waals surface area (Å²) in [6.07, 6.45) is 2.71. The van der Waals surface area contributed by atoms with E-state index in [4.69, 9.17) is 11.6 Å². The molecule has 2 nitrogen and oxygen atoms in total. The van der Waals surface area contributed by atoms with Crippen LogP contribution in [0.2, 0.25) is 0 Å². The van der Waals surface area contributed by atoms with Gasteiger partial charge in [0.15, 0.2) is 0 Å². The summed E-state index contributed by atoms with van der Waals surface area (Å²) in [5.74, 6) is 0.619. The summed E-state index contributed by atoms with van der Waals surface area (Å²) >= 11 is 5.64. The highest BCUT2D eigenvalue weighted by Gasteiger charge is 2.29. The van der Waals surface area contributed by atoms with Crippen LogP contribution in [-0.2, 0) is 4.79 Å². The predicted molar refractivity (Wildman–Crippen MR) is 65.9 cm³/mol. The van der Waals surface area contributed by atoms with Crippen LogP contribution in [0.1, 0.15) is 41.0 Å². The van der Waals surface area contributed by atoms with Crippen molar-refractivity contribution in [3.05, 3.63) is 11.8 Å². The number of carbonyl (C=O) groups excluding carboxylic acids is 1. The molecule has 0 rings (SSSR count). The van der Waals surface area contributed by atoms with Crippen LogP contribution in [0.15, 0.2) is 11.8 Å². The predicted octanol–water partition coefficient (Wildman–Crippen LogP) is 3.41. The van der Waals surface area contributed by atoms with E-state index in [0.717, 1.165) is 12.1 Å². The molecule has 88 valence electrons. The number of alkyl halides is 1. The number of halogens is 1. The topological polar surface area (TPSA) is 20.3 Å². The zero-order valence-electron chi connectivity index (χ0n) is 10.4. The lowest BCUT2D eigenvalue weighted by atomic mass is 9.88. The molecule has 15 heavy (non-hydrogen) atoms. The fraction of sp³-hybridized carbons (Fsp3) is 0.750. The maximum absolute atomic E-state index is 12.2. The van der Waals surface area contributed by atoms with Crippen molar-refractivity contribution < 1.29 is 4.79 Å². The zero-order valence-corrected chi connectivity index (χ0v) is 11.2. The summed E-state index contributed by atoms with van der Waals surface area (Å²) in [7, 11) is 0. The van der Waals surface area contributed by atoms with Gasteiger partial charge in [0.05, 0.1) is 0 Å². The van der Waals surface area contributed by atoms with Crippen LogP contribution in [0.3, 0.4) is 0 Å². The lowest BCUT2D eigenvalue weighted by Gasteiger charge is -2.31. The highest BCUT2D eigenvalue weighted by Crippen LogP contribution is 2.24. The van der Waals surface area contributed by atoms with Gasteiger partial charge in [-0.1, -0.05) is 26.8 Å². The van der Waals surface area contributed by atoms with Crippen molar-refractivity contribution in [1.29, 1.82) is 0 Å². The molecule has 0 saturated carbocycles. The maximum atomic E-state index is 12.2. The molecule has 0 saturated heterocycles. The second-order valence-corrected chi connectivity index (χ2v) is 4.60. The minimum atomic E-state index is -0.294. The average Bonchev–Trinajstić information content (AvgIpc) is 2.19. The van der Waals surface area contributed by atoms with E-state index in [-0.39, 0.29) is 11.3 Å². The van der Waals surface area contributed by atoms with Gasteiger partial charge in [-0.15, -0.1) is 11.6 Å². The second kappa shape index (κ2) is 6.16. The van der Waals surface area contributed by atoms with Gasteiger partial charge in [-0.2, -0.15) is 0 Å². The molecule has 0 aromatic heterocycles. The van der Waals surface area contributed by atoms with Crippen molar-refractivity contribution >= 4 is 17.5 Å². The molecule has 0 radical (unpaired) electrons. The molecule has 0 aliphatic rings. The van der Waals surface area contributed by atoms with Crippen LogP contribution >= 0.6 is 11.6 Å². The quantitative estimate of drug-likeness (QED) is 0.664. The van der Waals surface area contributed by atoms with Crippen LogP contribution in [0.4, 0.5) is 0 Å². The molecule has 0 aromatic rings. The standard InChI is InChI=1S/C12H22ClNO/c1-6-12(4,5)11(15)14(7-2)10(3)8-9-13/h8H,6-7,9H2,1-5H3/b10-8+. The smallest absolute Gasteiger partial charge is 0.232 e. The molecule has 0 bridgehead atoms. The SMILES string of the molecule is CCN(C(=O)C(C)(C)CC)/C(C)=C/CCl. The summed E-state index contributed by atoms with van der Waals surface area (Å²) in [5.41, 5.74) is 0.649. The average molecular weight is 232 g/mol. The van der Waals surface area contributed by atoms with Crippen LogP contribution in [-0.4, -0.2) is 23.2 Å². The molecule has 0 aromatic carbocycles. The fourth-order valence-corrected chi connectivity index (χ4v) is 1.51. The van der Waals surface area contributed by atoms with Crippen LogP contribution < -0.4 is 0 Å². The third kappa shape index (κ3) is 3.86. The van der Waals surface area contributed by atoms with Crippen LogP contribution in [0.25, 0.3) is 0 Å². The Bertz CT molecular complexity index is 246. The summed E-state index contributed by atoms with van der Waals surface area (Å²) in [6, 6.07) is 0. The molecule has 1 amide bonds. The lowest BCUT2D eigenvalue weighted by molar-refractivity contribution is -0.138. The normalized spacial score (nSPS) is 12.8. The second-order valence-electron chi connectivity index (χ2n) is 4.29. The van der Waals surface area contributed by atoms with E-state index in [1.165, 1.54) is 0 Å². The van der Waals surface area contributed by atoms with Gasteiger partial charge in [0.1, 0.15) is 0 Å². The first kappa shape index (κ1) is 14.5. The highest BCUT2D eigenvalue weighted by molar-refractivity contribution is 6.18. The van der Waals surface area contributed by atoms with E-state index in [0.29, 0.717) is 12.4 Å². The van der Waals surface area contributed by atoms with Crippen molar-refractivity contribution in [3.63, 3.8) is 0 Å². The number of hydrogen-bond acceptors (Lipinski definition) is 1. The van der Waals surface area contributed by atoms with Crippen LogP contribution in [0.5, 0.6) is 0 Å². The molecule has 0 N–H and O–H groups in total. The van der Waals surface area contributed by atoms with Gasteiger partial charge in [-0.05, 0) is 20.3 Å². The molecule has 0 spiro atoms. The first-order valence-corrected chi connectivity index (χ1v) is 5.98. The molecule has 0 heterocycles. The van der Waals surface area contributed by atoms with Crippen molar-refractivity contribution in [2.24, 2.45) is 5.41 Å². The Labute approximate surface area is 98.3 Å². The molecule has 3 heteroatoms. The van der Waals surface area contributed by atoms with Gasteiger partial charge >= 0.3 is 0 Å². The highest BCUT2D eigenvalue weighted by atomic mass is 35.5. The molecular formula is C12H22ClNO. The minimum Gasteiger partial charge on any atom is -0.317 e. The summed E-state index contributed by atoms with van der Waals surface area (Å²) in [4.78, 5) is 14.0. The molecule has 0 fully saturated rings. The number of nitrogens with zero attached hydrogens (tertiary/aromatic N) is 1. The Morgan fingerprint density at radius 2 is 1.93 bits per heavy atom. The number of rotatable bonds is 5. The van der Waals surface area contributed by atoms with E-state index >= 15 is 0 Å². The van der Waals surface area contributed by atoms with E-state index in [1.54, 1.807) is 4.90 Å². The third-order valence-electron chi connectivity index (χ3n) is 2.82. The Morgan fingerprint density at radius 1 is 1.40 bits per heavy atom. The van der Waals surface area contributed by atoms with Gasteiger partial charge in [-0.3, -0.25) is 4.79 Å². The summed E-state index contributed by atoms with van der Waals surface area (Å²) < 4.78 is 0. The lowest BCUT2D eigenvalue weighted by Crippen LogP contribution is -2.39. The molecule has 0 aliphatic heterocycles. The maximum Gasteiger partial charge on any atom is 0.232 e. The van der Waals surface area contributed by atoms with Gasteiger partial charge in [0.25, 0.3) is 0 Å². The van der Waals surface area contributed by atoms with Gasteiger partial charge in [0, 0.05) is 23.5 Å². The summed E-state index contributed by atoms with van der Waals surface area (Å²) in [5, 5.41) is 0.